The molecule has 0 radical (unpaired) electrons. The molecule has 0 aliphatic rings. The van der Waals surface area contributed by atoms with Crippen LogP contribution in [0.15, 0.2) is 60.7 Å². The first-order chi connectivity index (χ1) is 16.0. The van der Waals surface area contributed by atoms with Gasteiger partial charge in [-0.05, 0) is 25.0 Å². The second-order valence-electron chi connectivity index (χ2n) is 7.36. The molecule has 1 N–H and O–H groups in total. The predicted molar refractivity (Wildman–Crippen MR) is 128 cm³/mol. The third kappa shape index (κ3) is 6.98. The summed E-state index contributed by atoms with van der Waals surface area (Å²) in [5, 5.41) is 3.24. The van der Waals surface area contributed by atoms with E-state index in [9.17, 15) is 14.4 Å². The molecule has 0 unspecified atom stereocenters. The minimum absolute atomic E-state index is 0.112. The second kappa shape index (κ2) is 11.9. The molecule has 0 atom stereocenters. The fourth-order valence-electron chi connectivity index (χ4n) is 3.20. The number of aryl methyl sites for hydroxylation is 1. The predicted octanol–water partition coefficient (Wildman–Crippen LogP) is 3.91. The van der Waals surface area contributed by atoms with Gasteiger partial charge in [0.2, 0.25) is 11.8 Å². The molecule has 1 heterocycles. The molecule has 1 aromatic heterocycles. The molecule has 0 saturated carbocycles. The van der Waals surface area contributed by atoms with Gasteiger partial charge in [-0.15, -0.1) is 0 Å². The molecule has 0 aliphatic carbocycles. The minimum atomic E-state index is -0.445. The molecule has 0 bridgehead atoms. The number of aromatic nitrogens is 1. The van der Waals surface area contributed by atoms with Crippen LogP contribution in [0.5, 0.6) is 0 Å². The Labute approximate surface area is 197 Å². The molecule has 172 valence electrons. The maximum absolute atomic E-state index is 13.1. The fraction of sp³-hybridized carbons (Fsp3) is 0.280. The SMILES string of the molecule is CCOC(=O)c1sc(N(Cc2ccccc2)C(=O)CCNC(=O)Cc2ccccc2)nc1C. The number of carbonyl (C=O) groups excluding carboxylic acids is 3. The van der Waals surface area contributed by atoms with Gasteiger partial charge in [-0.25, -0.2) is 9.78 Å². The quantitative estimate of drug-likeness (QED) is 0.459. The molecule has 0 spiro atoms. The molecule has 3 rings (SSSR count). The third-order valence-electron chi connectivity index (χ3n) is 4.83. The summed E-state index contributed by atoms with van der Waals surface area (Å²) in [5.74, 6) is -0.777. The zero-order chi connectivity index (χ0) is 23.6. The van der Waals surface area contributed by atoms with Gasteiger partial charge >= 0.3 is 5.97 Å². The summed E-state index contributed by atoms with van der Waals surface area (Å²) in [7, 11) is 0. The maximum Gasteiger partial charge on any atom is 0.350 e. The first kappa shape index (κ1) is 24.1. The van der Waals surface area contributed by atoms with Crippen molar-refractivity contribution in [3.8, 4) is 0 Å². The topological polar surface area (TPSA) is 88.6 Å². The van der Waals surface area contributed by atoms with E-state index in [0.717, 1.165) is 22.5 Å². The van der Waals surface area contributed by atoms with Crippen molar-refractivity contribution in [2.45, 2.75) is 33.2 Å². The van der Waals surface area contributed by atoms with Crippen molar-refractivity contribution in [3.05, 3.63) is 82.4 Å². The Balaban J connectivity index is 1.69. The number of thiazole rings is 1. The van der Waals surface area contributed by atoms with Crippen molar-refractivity contribution < 1.29 is 19.1 Å². The highest BCUT2D eigenvalue weighted by Crippen LogP contribution is 2.28. The lowest BCUT2D eigenvalue weighted by molar-refractivity contribution is -0.121. The highest BCUT2D eigenvalue weighted by Gasteiger charge is 2.24. The Bertz CT molecular complexity index is 1080. The molecule has 3 aromatic rings. The van der Waals surface area contributed by atoms with Crippen molar-refractivity contribution in [3.63, 3.8) is 0 Å². The van der Waals surface area contributed by atoms with E-state index in [1.807, 2.05) is 60.7 Å². The number of nitrogens with zero attached hydrogens (tertiary/aromatic N) is 2. The lowest BCUT2D eigenvalue weighted by atomic mass is 10.1. The van der Waals surface area contributed by atoms with Crippen LogP contribution in [-0.2, 0) is 27.3 Å². The highest BCUT2D eigenvalue weighted by molar-refractivity contribution is 7.17. The zero-order valence-electron chi connectivity index (χ0n) is 18.7. The molecule has 33 heavy (non-hydrogen) atoms. The zero-order valence-corrected chi connectivity index (χ0v) is 19.6. The maximum atomic E-state index is 13.1. The molecule has 0 aliphatic heterocycles. The van der Waals surface area contributed by atoms with Gasteiger partial charge in [0, 0.05) is 13.0 Å². The van der Waals surface area contributed by atoms with E-state index in [-0.39, 0.29) is 37.8 Å². The van der Waals surface area contributed by atoms with Crippen LogP contribution in [-0.4, -0.2) is 35.9 Å². The van der Waals surface area contributed by atoms with Gasteiger partial charge in [-0.3, -0.25) is 14.5 Å². The van der Waals surface area contributed by atoms with Gasteiger partial charge < -0.3 is 10.1 Å². The van der Waals surface area contributed by atoms with Gasteiger partial charge in [0.15, 0.2) is 5.13 Å². The standard InChI is InChI=1S/C25H27N3O4S/c1-3-32-24(31)23-18(2)27-25(33-23)28(17-20-12-8-5-9-13-20)22(30)14-15-26-21(29)16-19-10-6-4-7-11-19/h4-13H,3,14-17H2,1-2H3,(H,26,29). The summed E-state index contributed by atoms with van der Waals surface area (Å²) >= 11 is 1.14. The molecule has 2 amide bonds. The van der Waals surface area contributed by atoms with Crippen LogP contribution in [0.4, 0.5) is 5.13 Å². The number of hydrogen-bond donors (Lipinski definition) is 1. The van der Waals surface area contributed by atoms with Crippen LogP contribution < -0.4 is 10.2 Å². The number of anilines is 1. The van der Waals surface area contributed by atoms with Gasteiger partial charge in [-0.1, -0.05) is 72.0 Å². The van der Waals surface area contributed by atoms with Gasteiger partial charge in [0.05, 0.1) is 25.3 Å². The summed E-state index contributed by atoms with van der Waals surface area (Å²) in [5.41, 5.74) is 2.37. The largest absolute Gasteiger partial charge is 0.462 e. The number of rotatable bonds is 10. The molecule has 8 heteroatoms. The fourth-order valence-corrected chi connectivity index (χ4v) is 4.18. The normalized spacial score (nSPS) is 10.5. The minimum Gasteiger partial charge on any atom is -0.462 e. The monoisotopic (exact) mass is 465 g/mol. The lowest BCUT2D eigenvalue weighted by Crippen LogP contribution is -2.34. The number of nitrogens with one attached hydrogen (secondary N) is 1. The summed E-state index contributed by atoms with van der Waals surface area (Å²) in [6.45, 7) is 4.26. The summed E-state index contributed by atoms with van der Waals surface area (Å²) < 4.78 is 5.10. The number of ether oxygens (including phenoxy) is 1. The first-order valence-corrected chi connectivity index (χ1v) is 11.6. The number of amides is 2. The van der Waals surface area contributed by atoms with Crippen molar-refractivity contribution in [1.29, 1.82) is 0 Å². The Morgan fingerprint density at radius 2 is 1.64 bits per heavy atom. The molecular formula is C25H27N3O4S. The van der Waals surface area contributed by atoms with Crippen molar-refractivity contribution >= 4 is 34.3 Å². The van der Waals surface area contributed by atoms with Crippen molar-refractivity contribution in [1.82, 2.24) is 10.3 Å². The Kier molecular flexibility index (Phi) is 8.71. The van der Waals surface area contributed by atoms with Crippen molar-refractivity contribution in [2.24, 2.45) is 0 Å². The average Bonchev–Trinajstić information content (AvgIpc) is 3.20. The number of hydrogen-bond acceptors (Lipinski definition) is 6. The molecule has 7 nitrogen and oxygen atoms in total. The van der Waals surface area contributed by atoms with E-state index < -0.39 is 5.97 Å². The molecule has 2 aromatic carbocycles. The second-order valence-corrected chi connectivity index (χ2v) is 8.34. The highest BCUT2D eigenvalue weighted by atomic mass is 32.1. The Morgan fingerprint density at radius 3 is 2.27 bits per heavy atom. The first-order valence-electron chi connectivity index (χ1n) is 10.8. The van der Waals surface area contributed by atoms with Gasteiger partial charge in [0.1, 0.15) is 4.88 Å². The van der Waals surface area contributed by atoms with Crippen molar-refractivity contribution in [2.75, 3.05) is 18.1 Å². The van der Waals surface area contributed by atoms with Crippen LogP contribution >= 0.6 is 11.3 Å². The number of carbonyl (C=O) groups is 3. The average molecular weight is 466 g/mol. The van der Waals surface area contributed by atoms with Gasteiger partial charge in [-0.2, -0.15) is 0 Å². The van der Waals surface area contributed by atoms with Crippen LogP contribution in [0.2, 0.25) is 0 Å². The molecule has 0 fully saturated rings. The van der Waals surface area contributed by atoms with E-state index in [1.54, 1.807) is 18.7 Å². The van der Waals surface area contributed by atoms with Crippen LogP contribution in [0.25, 0.3) is 0 Å². The van der Waals surface area contributed by atoms with Crippen LogP contribution in [0, 0.1) is 6.92 Å². The smallest absolute Gasteiger partial charge is 0.350 e. The summed E-state index contributed by atoms with van der Waals surface area (Å²) in [6.07, 6.45) is 0.373. The van der Waals surface area contributed by atoms with E-state index in [4.69, 9.17) is 4.74 Å². The lowest BCUT2D eigenvalue weighted by Gasteiger charge is -2.20. The Morgan fingerprint density at radius 1 is 1.00 bits per heavy atom. The van der Waals surface area contributed by atoms with E-state index in [1.165, 1.54) is 0 Å². The number of esters is 1. The van der Waals surface area contributed by atoms with Crippen LogP contribution in [0.1, 0.15) is 39.8 Å². The number of benzene rings is 2. The van der Waals surface area contributed by atoms with E-state index in [0.29, 0.717) is 22.2 Å². The van der Waals surface area contributed by atoms with Crippen LogP contribution in [0.3, 0.4) is 0 Å². The van der Waals surface area contributed by atoms with E-state index in [2.05, 4.69) is 10.3 Å². The van der Waals surface area contributed by atoms with E-state index >= 15 is 0 Å². The van der Waals surface area contributed by atoms with Gasteiger partial charge in [0.25, 0.3) is 0 Å². The summed E-state index contributed by atoms with van der Waals surface area (Å²) in [4.78, 5) is 44.0. The molecule has 0 saturated heterocycles. The third-order valence-corrected chi connectivity index (χ3v) is 5.99. The summed E-state index contributed by atoms with van der Waals surface area (Å²) in [6, 6.07) is 19.0. The Hall–Kier alpha value is -3.52. The molecular weight excluding hydrogens is 438 g/mol.